The zero-order chi connectivity index (χ0) is 14.0. The zero-order valence-corrected chi connectivity index (χ0v) is 11.8. The van der Waals surface area contributed by atoms with Crippen LogP contribution in [0, 0.1) is 10.2 Å². The van der Waals surface area contributed by atoms with Crippen LogP contribution in [0.5, 0.6) is 0 Å². The fraction of sp³-hybridized carbons (Fsp3) is 0.778. The molecule has 0 spiro atoms. The minimum atomic E-state index is -4.19. The molecule has 0 bridgehead atoms. The zero-order valence-electron chi connectivity index (χ0n) is 11.0. The summed E-state index contributed by atoms with van der Waals surface area (Å²) in [4.78, 5) is 6.63. The molecule has 8 heteroatoms. The van der Waals surface area contributed by atoms with E-state index in [4.69, 9.17) is 18.6 Å². The molecule has 3 N–H and O–H groups in total. The first-order valence-electron chi connectivity index (χ1n) is 4.88. The number of likely N-dealkylation sites (N-methyl/N-ethyl adjacent to an activating group) is 3. The van der Waals surface area contributed by atoms with E-state index in [-0.39, 0.29) is 0 Å². The van der Waals surface area contributed by atoms with Gasteiger partial charge >= 0.3 is 28.9 Å². The Balaban J connectivity index is 0.000000437. The molecule has 1 rings (SSSR count). The summed E-state index contributed by atoms with van der Waals surface area (Å²) in [5, 5.41) is 0. The molecule has 0 unspecified atom stereocenters. The van der Waals surface area contributed by atoms with Crippen molar-refractivity contribution in [2.24, 2.45) is 0 Å². The van der Waals surface area contributed by atoms with Gasteiger partial charge in [0.25, 0.3) is 0 Å². The Hall–Kier alpha value is -0.570. The van der Waals surface area contributed by atoms with Crippen molar-refractivity contribution in [2.75, 3.05) is 42.3 Å². The third-order valence-corrected chi connectivity index (χ3v) is 2.18. The monoisotopic (exact) mass is 271 g/mol. The molecule has 0 aromatic rings. The molecule has 0 atom stereocenters. The first-order valence-corrected chi connectivity index (χ1v) is 6.20. The van der Waals surface area contributed by atoms with E-state index in [1.165, 1.54) is 11.4 Å². The maximum absolute atomic E-state index is 8.83. The number of nitrogens with zero attached hydrogens (tertiary/aromatic N) is 3. The van der Waals surface area contributed by atoms with Crippen LogP contribution < -0.4 is 4.66 Å². The van der Waals surface area contributed by atoms with Crippen molar-refractivity contribution < 1.29 is 28.9 Å². The second-order valence-electron chi connectivity index (χ2n) is 4.36. The molecule has 104 valence electrons. The Morgan fingerprint density at radius 3 is 1.18 bits per heavy atom. The van der Waals surface area contributed by atoms with Gasteiger partial charge in [0.15, 0.2) is 0 Å². The molecule has 0 saturated heterocycles. The summed E-state index contributed by atoms with van der Waals surface area (Å²) in [6.07, 6.45) is 0. The van der Waals surface area contributed by atoms with Gasteiger partial charge in [0.05, 0.1) is 17.4 Å². The van der Waals surface area contributed by atoms with Crippen molar-refractivity contribution in [2.45, 2.75) is 6.04 Å². The third kappa shape index (κ3) is 6.06. The predicted octanol–water partition coefficient (Wildman–Crippen LogP) is -2.59. The second-order valence-corrected chi connectivity index (χ2v) is 5.23. The Morgan fingerprint density at radius 1 is 0.882 bits per heavy atom. The SMILES string of the molecule is CN(C)C1=C(N(C)C)C1N(C)C.[O-][Cl+](O)(O)O. The molecule has 0 fully saturated rings. The molecule has 0 aromatic carbocycles. The van der Waals surface area contributed by atoms with Crippen LogP contribution >= 0.6 is 0 Å². The third-order valence-electron chi connectivity index (χ3n) is 2.18. The van der Waals surface area contributed by atoms with Crippen molar-refractivity contribution in [1.29, 1.82) is 0 Å². The molecule has 0 aliphatic heterocycles. The topological polar surface area (TPSA) is 93.5 Å². The first-order chi connectivity index (χ1) is 7.46. The van der Waals surface area contributed by atoms with Crippen LogP contribution in [-0.4, -0.2) is 77.0 Å². The number of rotatable bonds is 3. The Kier molecular flexibility index (Phi) is 5.66. The Labute approximate surface area is 104 Å². The molecular weight excluding hydrogens is 250 g/mol. The van der Waals surface area contributed by atoms with Gasteiger partial charge in [-0.1, -0.05) is 0 Å². The Morgan fingerprint density at radius 2 is 1.12 bits per heavy atom. The number of hydrogen-bond acceptors (Lipinski definition) is 7. The quantitative estimate of drug-likeness (QED) is 0.518. The average molecular weight is 272 g/mol. The van der Waals surface area contributed by atoms with E-state index in [9.17, 15) is 0 Å². The van der Waals surface area contributed by atoms with Crippen molar-refractivity contribution in [3.05, 3.63) is 11.4 Å². The molecule has 0 radical (unpaired) electrons. The molecule has 0 heterocycles. The van der Waals surface area contributed by atoms with E-state index in [0.29, 0.717) is 6.04 Å². The normalized spacial score (nSPS) is 16.6. The van der Waals surface area contributed by atoms with E-state index in [1.54, 1.807) is 0 Å². The van der Waals surface area contributed by atoms with E-state index in [2.05, 4.69) is 57.0 Å². The molecule has 17 heavy (non-hydrogen) atoms. The maximum atomic E-state index is 8.83. The van der Waals surface area contributed by atoms with Crippen molar-refractivity contribution >= 4 is 0 Å². The Bertz CT molecular complexity index is 262. The van der Waals surface area contributed by atoms with Crippen molar-refractivity contribution in [1.82, 2.24) is 14.7 Å². The van der Waals surface area contributed by atoms with E-state index >= 15 is 0 Å². The van der Waals surface area contributed by atoms with Crippen LogP contribution in [-0.2, 0) is 0 Å². The standard InChI is InChI=1S/C9H19N3.ClH3O4/c1-10(2)7-8(11(3)4)9(7)12(5)6;2-1(3,4)5/h7H,1-6H3;2-4H. The number of halogens is 1. The molecule has 7 nitrogen and oxygen atoms in total. The molecule has 1 aliphatic rings. The number of hydrogen-bond donors (Lipinski definition) is 3. The summed E-state index contributed by atoms with van der Waals surface area (Å²) in [7, 11) is 8.44. The predicted molar refractivity (Wildman–Crippen MR) is 58.5 cm³/mol. The summed E-state index contributed by atoms with van der Waals surface area (Å²) in [5.41, 5.74) is 2.87. The summed E-state index contributed by atoms with van der Waals surface area (Å²) in [6, 6.07) is 0.537. The van der Waals surface area contributed by atoms with E-state index in [1.807, 2.05) is 0 Å². The summed E-state index contributed by atoms with van der Waals surface area (Å²) < 4.78 is 30.2. The summed E-state index contributed by atoms with van der Waals surface area (Å²) in [5.74, 6) is 0. The molecule has 0 saturated carbocycles. The van der Waals surface area contributed by atoms with Gasteiger partial charge in [0.1, 0.15) is 0 Å². The van der Waals surface area contributed by atoms with Crippen molar-refractivity contribution in [3.63, 3.8) is 0 Å². The fourth-order valence-electron chi connectivity index (χ4n) is 1.62. The van der Waals surface area contributed by atoms with Crippen LogP contribution in [0.2, 0.25) is 0 Å². The van der Waals surface area contributed by atoms with Gasteiger partial charge in [0, 0.05) is 28.2 Å². The summed E-state index contributed by atoms with van der Waals surface area (Å²) >= 11 is 0. The van der Waals surface area contributed by atoms with Gasteiger partial charge in [0.2, 0.25) is 0 Å². The fourth-order valence-corrected chi connectivity index (χ4v) is 1.62. The van der Waals surface area contributed by atoms with Gasteiger partial charge in [-0.3, -0.25) is 4.90 Å². The van der Waals surface area contributed by atoms with E-state index < -0.39 is 10.2 Å². The van der Waals surface area contributed by atoms with Gasteiger partial charge in [-0.2, -0.15) is 0 Å². The van der Waals surface area contributed by atoms with Crippen molar-refractivity contribution in [3.8, 4) is 0 Å². The van der Waals surface area contributed by atoms with Crippen LogP contribution in [0.25, 0.3) is 0 Å². The average Bonchev–Trinajstić information content (AvgIpc) is 2.73. The van der Waals surface area contributed by atoms with Gasteiger partial charge in [-0.25, -0.2) is 0 Å². The molecule has 0 aromatic heterocycles. The minimum absolute atomic E-state index is 0.537. The van der Waals surface area contributed by atoms with Crippen LogP contribution in [0.15, 0.2) is 11.4 Å². The van der Waals surface area contributed by atoms with E-state index in [0.717, 1.165) is 0 Å². The first kappa shape index (κ1) is 16.4. The van der Waals surface area contributed by atoms with Crippen LogP contribution in [0.3, 0.4) is 0 Å². The van der Waals surface area contributed by atoms with Gasteiger partial charge in [-0.15, -0.1) is 0 Å². The van der Waals surface area contributed by atoms with Gasteiger partial charge in [-0.05, 0) is 14.1 Å². The second kappa shape index (κ2) is 5.85. The van der Waals surface area contributed by atoms with Crippen LogP contribution in [0.4, 0.5) is 0 Å². The van der Waals surface area contributed by atoms with Crippen LogP contribution in [0.1, 0.15) is 0 Å². The molecule has 0 amide bonds. The van der Waals surface area contributed by atoms with Gasteiger partial charge < -0.3 is 9.80 Å². The molecular formula is C9H22ClN3O4. The molecule has 1 aliphatic carbocycles. The summed E-state index contributed by atoms with van der Waals surface area (Å²) in [6.45, 7) is 0.